The Labute approximate surface area is 99.6 Å². The van der Waals surface area contributed by atoms with Gasteiger partial charge in [0.05, 0.1) is 0 Å². The predicted molar refractivity (Wildman–Crippen MR) is 69.3 cm³/mol. The highest BCUT2D eigenvalue weighted by atomic mass is 16.1. The van der Waals surface area contributed by atoms with Crippen LogP contribution >= 0.6 is 0 Å². The van der Waals surface area contributed by atoms with E-state index in [1.54, 1.807) is 0 Å². The second-order valence-corrected chi connectivity index (χ2v) is 5.37. The first-order valence-electron chi connectivity index (χ1n) is 6.35. The Morgan fingerprint density at radius 3 is 2.69 bits per heavy atom. The average molecular weight is 220 g/mol. The summed E-state index contributed by atoms with van der Waals surface area (Å²) in [5.74, 6) is 1.07. The number of rotatable bonds is 1. The van der Waals surface area contributed by atoms with E-state index in [2.05, 4.69) is 33.4 Å². The van der Waals surface area contributed by atoms with Gasteiger partial charge in [-0.1, -0.05) is 37.6 Å². The minimum atomic E-state index is 0.221. The molecule has 0 saturated heterocycles. The standard InChI is InChI=1S/C15H24O/c1-11(2)14-9-8-12(3)6-5-7-13(4)10-15(14)16/h6,11,14H,4-5,7-10H2,1-3H3/t14-/m0/s1. The first-order chi connectivity index (χ1) is 7.50. The lowest BCUT2D eigenvalue weighted by Gasteiger charge is -2.21. The van der Waals surface area contributed by atoms with E-state index in [1.165, 1.54) is 5.57 Å². The molecule has 0 heterocycles. The van der Waals surface area contributed by atoms with Crippen LogP contribution < -0.4 is 0 Å². The molecule has 90 valence electrons. The molecule has 0 aliphatic heterocycles. The number of hydrogen-bond donors (Lipinski definition) is 0. The zero-order chi connectivity index (χ0) is 12.1. The van der Waals surface area contributed by atoms with Crippen LogP contribution in [0.5, 0.6) is 0 Å². The quantitative estimate of drug-likeness (QED) is 0.602. The van der Waals surface area contributed by atoms with Crippen LogP contribution in [-0.4, -0.2) is 5.78 Å². The van der Waals surface area contributed by atoms with Crippen LogP contribution in [0.1, 0.15) is 52.9 Å². The molecule has 16 heavy (non-hydrogen) atoms. The monoisotopic (exact) mass is 220 g/mol. The van der Waals surface area contributed by atoms with E-state index in [4.69, 9.17) is 0 Å². The summed E-state index contributed by atoms with van der Waals surface area (Å²) in [7, 11) is 0. The van der Waals surface area contributed by atoms with Crippen molar-refractivity contribution in [3.8, 4) is 0 Å². The highest BCUT2D eigenvalue weighted by molar-refractivity contribution is 5.83. The molecule has 1 aliphatic rings. The van der Waals surface area contributed by atoms with Crippen molar-refractivity contribution in [3.63, 3.8) is 0 Å². The molecule has 1 heteroatoms. The molecule has 0 N–H and O–H groups in total. The summed E-state index contributed by atoms with van der Waals surface area (Å²) in [5.41, 5.74) is 2.52. The Balaban J connectivity index is 2.78. The molecule has 0 aromatic carbocycles. The van der Waals surface area contributed by atoms with E-state index >= 15 is 0 Å². The van der Waals surface area contributed by atoms with Gasteiger partial charge in [-0.2, -0.15) is 0 Å². The molecule has 1 aliphatic carbocycles. The van der Waals surface area contributed by atoms with Crippen molar-refractivity contribution in [2.75, 3.05) is 0 Å². The van der Waals surface area contributed by atoms with Gasteiger partial charge in [0.1, 0.15) is 5.78 Å². The number of allylic oxidation sites excluding steroid dienone is 3. The van der Waals surface area contributed by atoms with Gasteiger partial charge in [-0.3, -0.25) is 4.79 Å². The van der Waals surface area contributed by atoms with Gasteiger partial charge in [-0.05, 0) is 38.5 Å². The maximum absolute atomic E-state index is 12.1. The van der Waals surface area contributed by atoms with Gasteiger partial charge >= 0.3 is 0 Å². The lowest BCUT2D eigenvalue weighted by Crippen LogP contribution is -2.21. The molecule has 0 radical (unpaired) electrons. The predicted octanol–water partition coefficient (Wildman–Crippen LogP) is 4.29. The van der Waals surface area contributed by atoms with Gasteiger partial charge in [0.15, 0.2) is 0 Å². The topological polar surface area (TPSA) is 17.1 Å². The maximum atomic E-state index is 12.1. The summed E-state index contributed by atoms with van der Waals surface area (Å²) in [6.07, 6.45) is 6.99. The Morgan fingerprint density at radius 2 is 2.06 bits per heavy atom. The van der Waals surface area contributed by atoms with Gasteiger partial charge in [0, 0.05) is 12.3 Å². The number of carbonyl (C=O) groups is 1. The Bertz CT molecular complexity index is 297. The highest BCUT2D eigenvalue weighted by Crippen LogP contribution is 2.26. The fourth-order valence-electron chi connectivity index (χ4n) is 2.34. The summed E-state index contributed by atoms with van der Waals surface area (Å²) >= 11 is 0. The second kappa shape index (κ2) is 6.03. The van der Waals surface area contributed by atoms with Crippen LogP contribution in [-0.2, 0) is 4.79 Å². The number of hydrogen-bond acceptors (Lipinski definition) is 1. The smallest absolute Gasteiger partial charge is 0.140 e. The van der Waals surface area contributed by atoms with Crippen LogP contribution in [0, 0.1) is 11.8 Å². The van der Waals surface area contributed by atoms with Crippen LogP contribution in [0.4, 0.5) is 0 Å². The van der Waals surface area contributed by atoms with E-state index in [9.17, 15) is 4.79 Å². The molecule has 0 saturated carbocycles. The summed E-state index contributed by atoms with van der Waals surface area (Å²) in [6, 6.07) is 0. The van der Waals surface area contributed by atoms with Crippen molar-refractivity contribution in [1.82, 2.24) is 0 Å². The summed E-state index contributed by atoms with van der Waals surface area (Å²) in [5, 5.41) is 0. The SMILES string of the molecule is C=C1CCC=C(C)CC[C@@H](C(C)C)C(=O)C1. The Morgan fingerprint density at radius 1 is 1.38 bits per heavy atom. The molecule has 0 spiro atoms. The lowest BCUT2D eigenvalue weighted by atomic mass is 9.83. The molecule has 0 amide bonds. The summed E-state index contributed by atoms with van der Waals surface area (Å²) in [6.45, 7) is 10.5. The number of ketones is 1. The molecule has 0 fully saturated rings. The fourth-order valence-corrected chi connectivity index (χ4v) is 2.34. The van der Waals surface area contributed by atoms with Gasteiger partial charge < -0.3 is 0 Å². The fraction of sp³-hybridized carbons (Fsp3) is 0.667. The molecule has 0 unspecified atom stereocenters. The molecule has 1 rings (SSSR count). The van der Waals surface area contributed by atoms with Crippen molar-refractivity contribution in [2.24, 2.45) is 11.8 Å². The van der Waals surface area contributed by atoms with Crippen LogP contribution in [0.2, 0.25) is 0 Å². The van der Waals surface area contributed by atoms with Gasteiger partial charge in [0.25, 0.3) is 0 Å². The largest absolute Gasteiger partial charge is 0.299 e. The average Bonchev–Trinajstić information content (AvgIpc) is 2.16. The third-order valence-electron chi connectivity index (χ3n) is 3.48. The minimum Gasteiger partial charge on any atom is -0.299 e. The molecule has 0 bridgehead atoms. The summed E-state index contributed by atoms with van der Waals surface area (Å²) < 4.78 is 0. The zero-order valence-corrected chi connectivity index (χ0v) is 10.9. The van der Waals surface area contributed by atoms with Crippen LogP contribution in [0.25, 0.3) is 0 Å². The second-order valence-electron chi connectivity index (χ2n) is 5.37. The third-order valence-corrected chi connectivity index (χ3v) is 3.48. The Kier molecular flexibility index (Phi) is 4.98. The van der Waals surface area contributed by atoms with Crippen LogP contribution in [0.3, 0.4) is 0 Å². The molecule has 1 nitrogen and oxygen atoms in total. The van der Waals surface area contributed by atoms with E-state index in [1.807, 2.05) is 0 Å². The molecular weight excluding hydrogens is 196 g/mol. The highest BCUT2D eigenvalue weighted by Gasteiger charge is 2.22. The van der Waals surface area contributed by atoms with E-state index in [0.717, 1.165) is 31.3 Å². The Hall–Kier alpha value is -0.850. The normalized spacial score (nSPS) is 24.5. The van der Waals surface area contributed by atoms with E-state index in [0.29, 0.717) is 18.1 Å². The maximum Gasteiger partial charge on any atom is 0.140 e. The number of carbonyl (C=O) groups excluding carboxylic acids is 1. The summed E-state index contributed by atoms with van der Waals surface area (Å²) in [4.78, 5) is 12.1. The number of Topliss-reactive ketones (excluding diaryl/α,β-unsaturated/α-hetero) is 1. The third kappa shape index (κ3) is 3.96. The molecule has 0 aromatic heterocycles. The van der Waals surface area contributed by atoms with Crippen molar-refractivity contribution in [2.45, 2.75) is 52.9 Å². The van der Waals surface area contributed by atoms with E-state index < -0.39 is 0 Å². The van der Waals surface area contributed by atoms with Crippen molar-refractivity contribution >= 4 is 5.78 Å². The van der Waals surface area contributed by atoms with Crippen LogP contribution in [0.15, 0.2) is 23.8 Å². The van der Waals surface area contributed by atoms with E-state index in [-0.39, 0.29) is 5.92 Å². The van der Waals surface area contributed by atoms with Crippen molar-refractivity contribution < 1.29 is 4.79 Å². The van der Waals surface area contributed by atoms with Gasteiger partial charge in [-0.25, -0.2) is 0 Å². The molecular formula is C15H24O. The lowest BCUT2D eigenvalue weighted by molar-refractivity contribution is -0.123. The van der Waals surface area contributed by atoms with Crippen molar-refractivity contribution in [3.05, 3.63) is 23.8 Å². The molecule has 0 aromatic rings. The first-order valence-corrected chi connectivity index (χ1v) is 6.35. The van der Waals surface area contributed by atoms with Gasteiger partial charge in [-0.15, -0.1) is 0 Å². The molecule has 1 atom stereocenters. The van der Waals surface area contributed by atoms with Gasteiger partial charge in [0.2, 0.25) is 0 Å². The minimum absolute atomic E-state index is 0.221. The zero-order valence-electron chi connectivity index (χ0n) is 10.9. The van der Waals surface area contributed by atoms with Crippen molar-refractivity contribution in [1.29, 1.82) is 0 Å². The first kappa shape index (κ1) is 13.2.